The van der Waals surface area contributed by atoms with Gasteiger partial charge in [-0.25, -0.2) is 4.79 Å². The molecule has 0 radical (unpaired) electrons. The number of benzene rings is 1. The number of aliphatic hydroxyl groups excluding tert-OH is 1. The third-order valence-electron chi connectivity index (χ3n) is 8.61. The molecular weight excluding hydrogens is 509 g/mol. The van der Waals surface area contributed by atoms with Crippen molar-refractivity contribution in [3.63, 3.8) is 0 Å². The zero-order chi connectivity index (χ0) is 27.4. The lowest BCUT2D eigenvalue weighted by molar-refractivity contribution is -0.149. The van der Waals surface area contributed by atoms with Crippen LogP contribution in [0.25, 0.3) is 0 Å². The number of cyclic esters (lactones) is 1. The van der Waals surface area contributed by atoms with E-state index >= 15 is 4.11 Å². The van der Waals surface area contributed by atoms with Crippen molar-refractivity contribution >= 4 is 37.7 Å². The van der Waals surface area contributed by atoms with Gasteiger partial charge in [-0.15, -0.1) is 6.58 Å². The summed E-state index contributed by atoms with van der Waals surface area (Å²) in [6.45, 7) is 10.2. The molecule has 0 aliphatic carbocycles. The van der Waals surface area contributed by atoms with Crippen molar-refractivity contribution in [2.24, 2.45) is 5.92 Å². The first-order valence-corrected chi connectivity index (χ1v) is 16.3. The lowest BCUT2D eigenvalue weighted by atomic mass is 9.82. The second-order valence-electron chi connectivity index (χ2n) is 11.2. The largest absolute Gasteiger partial charge is 0.447 e. The molecule has 1 spiro atoms. The van der Waals surface area contributed by atoms with E-state index in [2.05, 4.69) is 6.58 Å². The number of amides is 3. The van der Waals surface area contributed by atoms with Gasteiger partial charge in [-0.05, 0) is 44.1 Å². The summed E-state index contributed by atoms with van der Waals surface area (Å²) in [5.41, 5.74) is -0.345. The summed E-state index contributed by atoms with van der Waals surface area (Å²) in [5, 5.41) is 9.72. The second-order valence-corrected chi connectivity index (χ2v) is 15.0. The number of likely N-dealkylation sites (tertiary alicyclic amines) is 1. The number of rotatable bonds is 7. The van der Waals surface area contributed by atoms with Gasteiger partial charge >= 0.3 is 6.09 Å². The van der Waals surface area contributed by atoms with Gasteiger partial charge in [0.1, 0.15) is 6.61 Å². The van der Waals surface area contributed by atoms with Crippen molar-refractivity contribution in [3.8, 4) is 0 Å². The Morgan fingerprint density at radius 3 is 2.71 bits per heavy atom. The van der Waals surface area contributed by atoms with Gasteiger partial charge < -0.3 is 28.5 Å². The van der Waals surface area contributed by atoms with Crippen LogP contribution in [0.2, 0.25) is 18.6 Å². The van der Waals surface area contributed by atoms with E-state index in [9.17, 15) is 19.5 Å². The van der Waals surface area contributed by atoms with E-state index in [1.54, 1.807) is 47.2 Å². The van der Waals surface area contributed by atoms with Crippen LogP contribution in [0.1, 0.15) is 31.7 Å². The highest BCUT2D eigenvalue weighted by atomic mass is 28.4. The minimum absolute atomic E-state index is 0.0597. The van der Waals surface area contributed by atoms with Crippen LogP contribution in [0.3, 0.4) is 0 Å². The summed E-state index contributed by atoms with van der Waals surface area (Å²) in [7, 11) is -3.44. The quantitative estimate of drug-likeness (QED) is 0.321. The highest BCUT2D eigenvalue weighted by Gasteiger charge is 2.67. The fourth-order valence-corrected chi connectivity index (χ4v) is 9.48. The van der Waals surface area contributed by atoms with E-state index in [0.717, 1.165) is 12.8 Å². The zero-order valence-electron chi connectivity index (χ0n) is 22.2. The molecule has 0 unspecified atom stereocenters. The lowest BCUT2D eigenvalue weighted by Crippen LogP contribution is -2.45. The summed E-state index contributed by atoms with van der Waals surface area (Å²) < 4.78 is 27.8. The topological polar surface area (TPSA) is 99.6 Å². The number of aliphatic hydroxyl groups is 1. The first-order chi connectivity index (χ1) is 18.0. The third-order valence-corrected chi connectivity index (χ3v) is 11.1. The van der Waals surface area contributed by atoms with Crippen LogP contribution in [-0.2, 0) is 24.7 Å². The summed E-state index contributed by atoms with van der Waals surface area (Å²) in [5.74, 6) is -1.06. The average Bonchev–Trinajstić information content (AvgIpc) is 3.62. The van der Waals surface area contributed by atoms with E-state index in [-0.39, 0.29) is 44.0 Å². The molecule has 1 N–H and O–H groups in total. The number of carbonyl (C=O) groups excluding carboxylic acids is 3. The minimum Gasteiger partial charge on any atom is -0.447 e. The predicted octanol–water partition coefficient (Wildman–Crippen LogP) is 3.32. The third kappa shape index (κ3) is 4.06. The lowest BCUT2D eigenvalue weighted by Gasteiger charge is -2.31. The Bertz CT molecular complexity index is 1160. The van der Waals surface area contributed by atoms with E-state index in [1.807, 2.05) is 6.92 Å². The first-order valence-electron chi connectivity index (χ1n) is 13.3. The van der Waals surface area contributed by atoms with Crippen molar-refractivity contribution in [1.82, 2.24) is 4.90 Å². The number of nitrogens with zero attached hydrogens (tertiary/aromatic N) is 3. The molecule has 9 nitrogen and oxygen atoms in total. The fourth-order valence-electron chi connectivity index (χ4n) is 6.98. The van der Waals surface area contributed by atoms with Gasteiger partial charge in [0.25, 0.3) is 5.91 Å². The summed E-state index contributed by atoms with van der Waals surface area (Å²) in [4.78, 5) is 44.6. The number of anilines is 2. The Balaban J connectivity index is 1.57. The zero-order valence-corrected chi connectivity index (χ0v) is 23.2. The molecular formula is C27H36FN3O6Si. The number of halogens is 1. The van der Waals surface area contributed by atoms with Crippen LogP contribution in [0.5, 0.6) is 0 Å². The number of ether oxygens (including phenoxy) is 2. The Morgan fingerprint density at radius 2 is 2.08 bits per heavy atom. The van der Waals surface area contributed by atoms with Crippen molar-refractivity contribution in [3.05, 3.63) is 36.4 Å². The standard InChI is InChI=1S/C27H36FN3O6Si/c1-5-10-31-21-9-8-18(30-12-13-36-26(30)35)14-20(21)27(25(31)34)17(2)24(38(3,4)28)22(37-27)15-23(33)29-11-6-7-19(29)16-32/h5,8-9,14,17,19,22,24,32H,1,6-7,10-13,15-16H2,2-4H3/t17-,19-,22+,24-,27+/m0/s1. The van der Waals surface area contributed by atoms with Crippen LogP contribution in [0, 0.1) is 5.92 Å². The second kappa shape index (κ2) is 9.76. The van der Waals surface area contributed by atoms with Crippen LogP contribution in [0.4, 0.5) is 20.3 Å². The minimum atomic E-state index is -3.44. The highest BCUT2D eigenvalue weighted by molar-refractivity contribution is 6.72. The van der Waals surface area contributed by atoms with Gasteiger partial charge in [0.05, 0.1) is 37.4 Å². The molecule has 206 valence electrons. The van der Waals surface area contributed by atoms with Crippen LogP contribution in [-0.4, -0.2) is 81.3 Å². The Hall–Kier alpha value is -2.76. The maximum Gasteiger partial charge on any atom is 0.414 e. The van der Waals surface area contributed by atoms with Crippen LogP contribution >= 0.6 is 0 Å². The highest BCUT2D eigenvalue weighted by Crippen LogP contribution is 2.60. The fraction of sp³-hybridized carbons (Fsp3) is 0.593. The molecule has 3 amide bonds. The molecule has 4 aliphatic rings. The van der Waals surface area contributed by atoms with Crippen molar-refractivity contribution < 1.29 is 33.1 Å². The number of fused-ring (bicyclic) bond motifs is 2. The molecule has 38 heavy (non-hydrogen) atoms. The monoisotopic (exact) mass is 545 g/mol. The molecule has 5 rings (SSSR count). The average molecular weight is 546 g/mol. The molecule has 0 aromatic heterocycles. The molecule has 4 heterocycles. The SMILES string of the molecule is C=CCN1C(=O)[C@]2(O[C@H](CC(=O)N3CCC[C@H]3CO)[C@@H]([Si](C)(C)F)[C@@H]2C)c2cc(N3CCOC3=O)ccc21. The predicted molar refractivity (Wildman–Crippen MR) is 142 cm³/mol. The van der Waals surface area contributed by atoms with Crippen LogP contribution in [0.15, 0.2) is 30.9 Å². The van der Waals surface area contributed by atoms with Gasteiger partial charge in [0, 0.05) is 35.8 Å². The Kier molecular flexibility index (Phi) is 6.89. The number of hydrogen-bond acceptors (Lipinski definition) is 6. The smallest absolute Gasteiger partial charge is 0.414 e. The maximum atomic E-state index is 16.0. The molecule has 3 fully saturated rings. The Morgan fingerprint density at radius 1 is 1.32 bits per heavy atom. The van der Waals surface area contributed by atoms with Crippen molar-refractivity contribution in [2.45, 2.75) is 62.6 Å². The maximum absolute atomic E-state index is 16.0. The molecule has 0 bridgehead atoms. The molecule has 1 aromatic rings. The van der Waals surface area contributed by atoms with E-state index in [0.29, 0.717) is 30.0 Å². The first kappa shape index (κ1) is 26.8. The van der Waals surface area contributed by atoms with E-state index in [4.69, 9.17) is 9.47 Å². The van der Waals surface area contributed by atoms with E-state index in [1.165, 1.54) is 4.90 Å². The molecule has 11 heteroatoms. The Labute approximate surface area is 223 Å². The van der Waals surface area contributed by atoms with Gasteiger partial charge in [-0.3, -0.25) is 14.5 Å². The number of hydrogen-bond donors (Lipinski definition) is 1. The van der Waals surface area contributed by atoms with Gasteiger partial charge in [-0.1, -0.05) is 13.0 Å². The van der Waals surface area contributed by atoms with E-state index < -0.39 is 37.7 Å². The van der Waals surface area contributed by atoms with Crippen molar-refractivity contribution in [2.75, 3.05) is 42.6 Å². The normalized spacial score (nSPS) is 30.9. The van der Waals surface area contributed by atoms with Gasteiger partial charge in [0.15, 0.2) is 5.60 Å². The van der Waals surface area contributed by atoms with Gasteiger partial charge in [0.2, 0.25) is 14.3 Å². The van der Waals surface area contributed by atoms with Gasteiger partial charge in [-0.2, -0.15) is 0 Å². The summed E-state index contributed by atoms with van der Waals surface area (Å²) in [6, 6.07) is 5.08. The molecule has 0 saturated carbocycles. The van der Waals surface area contributed by atoms with Crippen LogP contribution < -0.4 is 9.80 Å². The van der Waals surface area contributed by atoms with Crippen molar-refractivity contribution in [1.29, 1.82) is 0 Å². The number of carbonyl (C=O) groups is 3. The molecule has 4 aliphatic heterocycles. The summed E-state index contributed by atoms with van der Waals surface area (Å²) in [6.07, 6.45) is 1.83. The molecule has 1 aromatic carbocycles. The molecule has 3 saturated heterocycles. The molecule has 5 atom stereocenters. The summed E-state index contributed by atoms with van der Waals surface area (Å²) >= 11 is 0.